The van der Waals surface area contributed by atoms with Gasteiger partial charge in [-0.2, -0.15) is 0 Å². The van der Waals surface area contributed by atoms with Crippen molar-refractivity contribution < 1.29 is 4.79 Å². The third-order valence-electron chi connectivity index (χ3n) is 4.49. The van der Waals surface area contributed by atoms with Gasteiger partial charge < -0.3 is 4.90 Å². The van der Waals surface area contributed by atoms with Crippen molar-refractivity contribution in [2.75, 3.05) is 18.0 Å². The second kappa shape index (κ2) is 5.23. The molecule has 1 saturated heterocycles. The zero-order chi connectivity index (χ0) is 14.1. The van der Waals surface area contributed by atoms with E-state index in [1.165, 1.54) is 0 Å². The van der Waals surface area contributed by atoms with Gasteiger partial charge in [-0.25, -0.2) is 4.98 Å². The SMILES string of the molecule is CC1CCN(c2nc3ccccc3cc2C=O)CC1C. The Morgan fingerprint density at radius 3 is 2.80 bits per heavy atom. The van der Waals surface area contributed by atoms with Crippen LogP contribution in [0.1, 0.15) is 30.6 Å². The first-order valence-corrected chi connectivity index (χ1v) is 7.29. The summed E-state index contributed by atoms with van der Waals surface area (Å²) in [6.07, 6.45) is 2.09. The number of aromatic nitrogens is 1. The van der Waals surface area contributed by atoms with Gasteiger partial charge in [-0.1, -0.05) is 32.0 Å². The van der Waals surface area contributed by atoms with E-state index < -0.39 is 0 Å². The topological polar surface area (TPSA) is 33.2 Å². The number of piperidine rings is 1. The summed E-state index contributed by atoms with van der Waals surface area (Å²) in [7, 11) is 0. The van der Waals surface area contributed by atoms with E-state index in [1.807, 2.05) is 30.3 Å². The maximum absolute atomic E-state index is 11.4. The molecule has 3 rings (SSSR count). The lowest BCUT2D eigenvalue weighted by Crippen LogP contribution is -2.39. The molecule has 0 bridgehead atoms. The minimum absolute atomic E-state index is 0.636. The lowest BCUT2D eigenvalue weighted by atomic mass is 9.88. The van der Waals surface area contributed by atoms with E-state index in [1.54, 1.807) is 0 Å². The minimum Gasteiger partial charge on any atom is -0.356 e. The fraction of sp³-hybridized carbons (Fsp3) is 0.412. The van der Waals surface area contributed by atoms with Crippen molar-refractivity contribution in [1.82, 2.24) is 4.98 Å². The number of rotatable bonds is 2. The molecule has 2 aromatic rings. The van der Waals surface area contributed by atoms with Crippen LogP contribution in [-0.2, 0) is 0 Å². The second-order valence-corrected chi connectivity index (χ2v) is 5.90. The molecule has 0 aliphatic carbocycles. The zero-order valence-corrected chi connectivity index (χ0v) is 12.0. The first-order valence-electron chi connectivity index (χ1n) is 7.29. The molecular formula is C17H20N2O. The van der Waals surface area contributed by atoms with Crippen molar-refractivity contribution >= 4 is 23.0 Å². The van der Waals surface area contributed by atoms with E-state index in [4.69, 9.17) is 4.98 Å². The Morgan fingerprint density at radius 2 is 2.05 bits per heavy atom. The maximum Gasteiger partial charge on any atom is 0.153 e. The zero-order valence-electron chi connectivity index (χ0n) is 12.0. The quantitative estimate of drug-likeness (QED) is 0.781. The molecule has 104 valence electrons. The Labute approximate surface area is 119 Å². The molecule has 2 unspecified atom stereocenters. The smallest absolute Gasteiger partial charge is 0.153 e. The minimum atomic E-state index is 0.636. The van der Waals surface area contributed by atoms with Crippen molar-refractivity contribution in [3.05, 3.63) is 35.9 Å². The average Bonchev–Trinajstić information content (AvgIpc) is 2.48. The summed E-state index contributed by atoms with van der Waals surface area (Å²) in [6.45, 7) is 6.54. The van der Waals surface area contributed by atoms with Gasteiger partial charge in [0.1, 0.15) is 5.82 Å². The van der Waals surface area contributed by atoms with Crippen LogP contribution in [0.4, 0.5) is 5.82 Å². The Balaban J connectivity index is 2.03. The molecule has 1 fully saturated rings. The Bertz CT molecular complexity index is 638. The number of benzene rings is 1. The van der Waals surface area contributed by atoms with Gasteiger partial charge in [0, 0.05) is 18.5 Å². The molecule has 0 radical (unpaired) electrons. The number of pyridine rings is 1. The Morgan fingerprint density at radius 1 is 1.25 bits per heavy atom. The summed E-state index contributed by atoms with van der Waals surface area (Å²) in [5, 5.41) is 1.02. The predicted molar refractivity (Wildman–Crippen MR) is 82.3 cm³/mol. The highest BCUT2D eigenvalue weighted by Crippen LogP contribution is 2.29. The fourth-order valence-electron chi connectivity index (χ4n) is 2.92. The molecule has 3 nitrogen and oxygen atoms in total. The van der Waals surface area contributed by atoms with E-state index in [0.29, 0.717) is 11.5 Å². The molecule has 0 spiro atoms. The van der Waals surface area contributed by atoms with Crippen LogP contribution in [-0.4, -0.2) is 24.4 Å². The Hall–Kier alpha value is -1.90. The van der Waals surface area contributed by atoms with Crippen LogP contribution in [0.3, 0.4) is 0 Å². The standard InChI is InChI=1S/C17H20N2O/c1-12-7-8-19(10-13(12)2)17-15(11-20)9-14-5-3-4-6-16(14)18-17/h3-6,9,11-13H,7-8,10H2,1-2H3. The summed E-state index contributed by atoms with van der Waals surface area (Å²) in [6, 6.07) is 9.92. The largest absolute Gasteiger partial charge is 0.356 e. The Kier molecular flexibility index (Phi) is 3.43. The predicted octanol–water partition coefficient (Wildman–Crippen LogP) is 3.53. The highest BCUT2D eigenvalue weighted by molar-refractivity contribution is 5.91. The molecule has 0 saturated carbocycles. The van der Waals surface area contributed by atoms with Crippen LogP contribution < -0.4 is 4.90 Å². The van der Waals surface area contributed by atoms with Gasteiger partial charge in [0.05, 0.1) is 11.1 Å². The van der Waals surface area contributed by atoms with Crippen molar-refractivity contribution in [3.63, 3.8) is 0 Å². The molecule has 1 aliphatic heterocycles. The number of anilines is 1. The second-order valence-electron chi connectivity index (χ2n) is 5.90. The van der Waals surface area contributed by atoms with Crippen molar-refractivity contribution in [1.29, 1.82) is 0 Å². The number of carbonyl (C=O) groups is 1. The number of carbonyl (C=O) groups excluding carboxylic acids is 1. The number of fused-ring (bicyclic) bond motifs is 1. The van der Waals surface area contributed by atoms with Gasteiger partial charge in [0.15, 0.2) is 6.29 Å². The van der Waals surface area contributed by atoms with Crippen LogP contribution in [0.25, 0.3) is 10.9 Å². The molecule has 2 heterocycles. The average molecular weight is 268 g/mol. The summed E-state index contributed by atoms with van der Waals surface area (Å²) >= 11 is 0. The third kappa shape index (κ3) is 2.28. The molecule has 20 heavy (non-hydrogen) atoms. The summed E-state index contributed by atoms with van der Waals surface area (Å²) in [4.78, 5) is 18.4. The van der Waals surface area contributed by atoms with Crippen molar-refractivity contribution in [2.24, 2.45) is 11.8 Å². The number of hydrogen-bond acceptors (Lipinski definition) is 3. The van der Waals surface area contributed by atoms with Crippen LogP contribution in [0, 0.1) is 11.8 Å². The van der Waals surface area contributed by atoms with Gasteiger partial charge in [-0.05, 0) is 30.4 Å². The van der Waals surface area contributed by atoms with Gasteiger partial charge in [-0.3, -0.25) is 4.79 Å². The molecule has 1 aromatic heterocycles. The number of aldehydes is 1. The number of nitrogens with zero attached hydrogens (tertiary/aromatic N) is 2. The first kappa shape index (κ1) is 13.1. The summed E-state index contributed by atoms with van der Waals surface area (Å²) in [5.74, 6) is 2.22. The highest BCUT2D eigenvalue weighted by Gasteiger charge is 2.25. The normalized spacial score (nSPS) is 23.0. The molecule has 1 aromatic carbocycles. The molecule has 0 amide bonds. The van der Waals surface area contributed by atoms with Gasteiger partial charge in [0.2, 0.25) is 0 Å². The van der Waals surface area contributed by atoms with E-state index in [9.17, 15) is 4.79 Å². The van der Waals surface area contributed by atoms with E-state index in [2.05, 4.69) is 18.7 Å². The third-order valence-corrected chi connectivity index (χ3v) is 4.49. The van der Waals surface area contributed by atoms with Crippen LogP contribution in [0.15, 0.2) is 30.3 Å². The van der Waals surface area contributed by atoms with E-state index in [-0.39, 0.29) is 0 Å². The lowest BCUT2D eigenvalue weighted by Gasteiger charge is -2.36. The summed E-state index contributed by atoms with van der Waals surface area (Å²) < 4.78 is 0. The molecule has 3 heteroatoms. The molecule has 2 atom stereocenters. The highest BCUT2D eigenvalue weighted by atomic mass is 16.1. The maximum atomic E-state index is 11.4. The number of para-hydroxylation sites is 1. The van der Waals surface area contributed by atoms with Crippen molar-refractivity contribution in [2.45, 2.75) is 20.3 Å². The van der Waals surface area contributed by atoms with Gasteiger partial charge in [-0.15, -0.1) is 0 Å². The molecule has 1 aliphatic rings. The van der Waals surface area contributed by atoms with Crippen LogP contribution in [0.2, 0.25) is 0 Å². The van der Waals surface area contributed by atoms with E-state index >= 15 is 0 Å². The summed E-state index contributed by atoms with van der Waals surface area (Å²) in [5.41, 5.74) is 1.66. The molecule has 0 N–H and O–H groups in total. The van der Waals surface area contributed by atoms with Crippen LogP contribution in [0.5, 0.6) is 0 Å². The van der Waals surface area contributed by atoms with Crippen molar-refractivity contribution in [3.8, 4) is 0 Å². The monoisotopic (exact) mass is 268 g/mol. The first-order chi connectivity index (χ1) is 9.69. The van der Waals surface area contributed by atoms with Gasteiger partial charge in [0.25, 0.3) is 0 Å². The lowest BCUT2D eigenvalue weighted by molar-refractivity contribution is 0.112. The van der Waals surface area contributed by atoms with Crippen LogP contribution >= 0.6 is 0 Å². The number of hydrogen-bond donors (Lipinski definition) is 0. The molecular weight excluding hydrogens is 248 g/mol. The fourth-order valence-corrected chi connectivity index (χ4v) is 2.92. The van der Waals surface area contributed by atoms with E-state index in [0.717, 1.165) is 48.4 Å². The van der Waals surface area contributed by atoms with Gasteiger partial charge >= 0.3 is 0 Å².